The number of hydrogen-bond donors (Lipinski definition) is 2. The number of nitrogens with zero attached hydrogens (tertiary/aromatic N) is 1. The van der Waals surface area contributed by atoms with Gasteiger partial charge in [0, 0.05) is 5.56 Å². The predicted molar refractivity (Wildman–Crippen MR) is 75.6 cm³/mol. The molecule has 19 heavy (non-hydrogen) atoms. The average Bonchev–Trinajstić information content (AvgIpc) is 2.47. The van der Waals surface area contributed by atoms with Crippen molar-refractivity contribution in [1.29, 1.82) is 0 Å². The summed E-state index contributed by atoms with van der Waals surface area (Å²) < 4.78 is 6.10. The zero-order chi connectivity index (χ0) is 13.7. The largest absolute Gasteiger partial charge is 0.490 e. The highest BCUT2D eigenvalue weighted by Gasteiger charge is 2.25. The van der Waals surface area contributed by atoms with E-state index in [9.17, 15) is 0 Å². The summed E-state index contributed by atoms with van der Waals surface area (Å²) in [5.41, 5.74) is 6.28. The Morgan fingerprint density at radius 3 is 2.95 bits per heavy atom. The average molecular weight is 262 g/mol. The minimum absolute atomic E-state index is 0.112. The fourth-order valence-corrected chi connectivity index (χ4v) is 2.76. The van der Waals surface area contributed by atoms with Gasteiger partial charge in [0.2, 0.25) is 0 Å². The molecule has 1 aliphatic carbocycles. The van der Waals surface area contributed by atoms with Gasteiger partial charge >= 0.3 is 0 Å². The minimum atomic E-state index is 0.112. The van der Waals surface area contributed by atoms with Gasteiger partial charge in [-0.15, -0.1) is 0 Å². The van der Waals surface area contributed by atoms with Crippen molar-refractivity contribution in [2.75, 3.05) is 0 Å². The van der Waals surface area contributed by atoms with Crippen LogP contribution in [0, 0.1) is 5.92 Å². The summed E-state index contributed by atoms with van der Waals surface area (Å²) in [6, 6.07) is 7.43. The molecule has 2 unspecified atom stereocenters. The summed E-state index contributed by atoms with van der Waals surface area (Å²) in [5, 5.41) is 11.7. The summed E-state index contributed by atoms with van der Waals surface area (Å²) in [7, 11) is 0. The molecule has 3 N–H and O–H groups in total. The molecule has 104 valence electrons. The summed E-state index contributed by atoms with van der Waals surface area (Å²) >= 11 is 0. The number of rotatable bonds is 4. The van der Waals surface area contributed by atoms with E-state index in [0.717, 1.165) is 18.6 Å². The molecule has 1 aromatic carbocycles. The van der Waals surface area contributed by atoms with Gasteiger partial charge in [-0.1, -0.05) is 30.6 Å². The Morgan fingerprint density at radius 1 is 1.42 bits per heavy atom. The van der Waals surface area contributed by atoms with E-state index in [4.69, 9.17) is 15.7 Å². The smallest absolute Gasteiger partial charge is 0.170 e. The third-order valence-electron chi connectivity index (χ3n) is 3.89. The second-order valence-electron chi connectivity index (χ2n) is 5.12. The lowest BCUT2D eigenvalue weighted by Gasteiger charge is -2.31. The van der Waals surface area contributed by atoms with Crippen LogP contribution < -0.4 is 10.5 Å². The van der Waals surface area contributed by atoms with E-state index in [0.29, 0.717) is 17.6 Å². The Balaban J connectivity index is 2.09. The van der Waals surface area contributed by atoms with E-state index < -0.39 is 0 Å². The van der Waals surface area contributed by atoms with Crippen molar-refractivity contribution in [3.8, 4) is 5.75 Å². The van der Waals surface area contributed by atoms with E-state index in [-0.39, 0.29) is 5.84 Å². The molecule has 1 fully saturated rings. The maximum absolute atomic E-state index is 8.70. The lowest BCUT2D eigenvalue weighted by molar-refractivity contribution is 0.0904. The lowest BCUT2D eigenvalue weighted by atomic mass is 9.85. The molecule has 0 spiro atoms. The van der Waals surface area contributed by atoms with Gasteiger partial charge in [0.25, 0.3) is 0 Å². The molecule has 4 heteroatoms. The molecule has 1 saturated carbocycles. The monoisotopic (exact) mass is 262 g/mol. The zero-order valence-corrected chi connectivity index (χ0v) is 11.4. The van der Waals surface area contributed by atoms with Gasteiger partial charge in [0.05, 0.1) is 0 Å². The zero-order valence-electron chi connectivity index (χ0n) is 11.4. The number of nitrogens with two attached hydrogens (primary N) is 1. The maximum atomic E-state index is 8.70. The van der Waals surface area contributed by atoms with Crippen molar-refractivity contribution in [3.05, 3.63) is 29.8 Å². The molecule has 0 aromatic heterocycles. The Morgan fingerprint density at radius 2 is 2.21 bits per heavy atom. The van der Waals surface area contributed by atoms with Crippen LogP contribution in [0.4, 0.5) is 0 Å². The number of amidine groups is 1. The lowest BCUT2D eigenvalue weighted by Crippen LogP contribution is -2.30. The second-order valence-corrected chi connectivity index (χ2v) is 5.12. The fourth-order valence-electron chi connectivity index (χ4n) is 2.76. The van der Waals surface area contributed by atoms with Crippen LogP contribution in [0.5, 0.6) is 5.75 Å². The van der Waals surface area contributed by atoms with Gasteiger partial charge in [-0.05, 0) is 43.7 Å². The highest BCUT2D eigenvalue weighted by Crippen LogP contribution is 2.30. The van der Waals surface area contributed by atoms with Gasteiger partial charge in [-0.3, -0.25) is 0 Å². The van der Waals surface area contributed by atoms with Crippen LogP contribution >= 0.6 is 0 Å². The number of oxime groups is 1. The highest BCUT2D eigenvalue weighted by atomic mass is 16.5. The molecule has 1 aliphatic rings. The van der Waals surface area contributed by atoms with Crippen molar-refractivity contribution < 1.29 is 9.94 Å². The molecule has 2 atom stereocenters. The second kappa shape index (κ2) is 6.45. The van der Waals surface area contributed by atoms with E-state index in [1.165, 1.54) is 19.3 Å². The standard InChI is InChI=1S/C15H22N2O2/c1-2-11-6-3-4-9-14(11)19-13-8-5-7-12(10-13)15(16)17-18/h5,7-8,10-11,14,18H,2-4,6,9H2,1H3,(H2,16,17). The first kappa shape index (κ1) is 13.7. The number of benzene rings is 1. The molecule has 0 saturated heterocycles. The molecule has 0 amide bonds. The molecule has 2 rings (SSSR count). The summed E-state index contributed by atoms with van der Waals surface area (Å²) in [5.74, 6) is 1.55. The van der Waals surface area contributed by atoms with E-state index in [2.05, 4.69) is 12.1 Å². The van der Waals surface area contributed by atoms with E-state index >= 15 is 0 Å². The van der Waals surface area contributed by atoms with Crippen LogP contribution in [-0.2, 0) is 0 Å². The molecular formula is C15H22N2O2. The fraction of sp³-hybridized carbons (Fsp3) is 0.533. The molecule has 0 bridgehead atoms. The number of ether oxygens (including phenoxy) is 1. The Kier molecular flexibility index (Phi) is 4.66. The highest BCUT2D eigenvalue weighted by molar-refractivity contribution is 5.97. The SMILES string of the molecule is CCC1CCCCC1Oc1cccc(/C(N)=N/O)c1. The van der Waals surface area contributed by atoms with Crippen molar-refractivity contribution in [3.63, 3.8) is 0 Å². The number of hydrogen-bond acceptors (Lipinski definition) is 3. The Bertz CT molecular complexity index is 446. The maximum Gasteiger partial charge on any atom is 0.170 e. The van der Waals surface area contributed by atoms with Crippen LogP contribution in [0.3, 0.4) is 0 Å². The topological polar surface area (TPSA) is 67.8 Å². The molecule has 0 aliphatic heterocycles. The van der Waals surface area contributed by atoms with Crippen molar-refractivity contribution in [2.45, 2.75) is 45.1 Å². The quantitative estimate of drug-likeness (QED) is 0.379. The van der Waals surface area contributed by atoms with Gasteiger partial charge in [0.1, 0.15) is 11.9 Å². The molecule has 0 heterocycles. The molecule has 1 aromatic rings. The molecule has 0 radical (unpaired) electrons. The molecule has 4 nitrogen and oxygen atoms in total. The minimum Gasteiger partial charge on any atom is -0.490 e. The van der Waals surface area contributed by atoms with Crippen LogP contribution in [0.15, 0.2) is 29.4 Å². The first-order valence-corrected chi connectivity index (χ1v) is 6.99. The van der Waals surface area contributed by atoms with Crippen LogP contribution in [0.25, 0.3) is 0 Å². The van der Waals surface area contributed by atoms with Crippen molar-refractivity contribution in [2.24, 2.45) is 16.8 Å². The van der Waals surface area contributed by atoms with Crippen LogP contribution in [0.1, 0.15) is 44.6 Å². The summed E-state index contributed by atoms with van der Waals surface area (Å²) in [4.78, 5) is 0. The van der Waals surface area contributed by atoms with Gasteiger partial charge in [-0.25, -0.2) is 0 Å². The van der Waals surface area contributed by atoms with Gasteiger partial charge < -0.3 is 15.7 Å². The summed E-state index contributed by atoms with van der Waals surface area (Å²) in [6.07, 6.45) is 6.36. The Labute approximate surface area is 114 Å². The molecular weight excluding hydrogens is 240 g/mol. The van der Waals surface area contributed by atoms with Crippen LogP contribution in [0.2, 0.25) is 0 Å². The normalized spacial score (nSPS) is 24.2. The van der Waals surface area contributed by atoms with Crippen molar-refractivity contribution in [1.82, 2.24) is 0 Å². The summed E-state index contributed by atoms with van der Waals surface area (Å²) in [6.45, 7) is 2.22. The first-order valence-electron chi connectivity index (χ1n) is 6.99. The van der Waals surface area contributed by atoms with Gasteiger partial charge in [-0.2, -0.15) is 0 Å². The van der Waals surface area contributed by atoms with Crippen LogP contribution in [-0.4, -0.2) is 17.1 Å². The third kappa shape index (κ3) is 3.40. The first-order chi connectivity index (χ1) is 9.24. The Hall–Kier alpha value is -1.71. The van der Waals surface area contributed by atoms with Crippen molar-refractivity contribution >= 4 is 5.84 Å². The van der Waals surface area contributed by atoms with E-state index in [1.54, 1.807) is 6.07 Å². The van der Waals surface area contributed by atoms with E-state index in [1.807, 2.05) is 18.2 Å². The third-order valence-corrected chi connectivity index (χ3v) is 3.89. The van der Waals surface area contributed by atoms with Gasteiger partial charge in [0.15, 0.2) is 5.84 Å². The predicted octanol–water partition coefficient (Wildman–Crippen LogP) is 3.13.